The third kappa shape index (κ3) is 7.52. The highest BCUT2D eigenvalue weighted by Gasteiger charge is 2.22. The molecule has 1 fully saturated rings. The Morgan fingerprint density at radius 2 is 1.96 bits per heavy atom. The maximum absolute atomic E-state index is 12.2. The normalized spacial score (nSPS) is 17.0. The van der Waals surface area contributed by atoms with Gasteiger partial charge in [0.1, 0.15) is 18.5 Å². The second kappa shape index (κ2) is 11.4. The van der Waals surface area contributed by atoms with Crippen LogP contribution in [0.25, 0.3) is 0 Å². The average Bonchev–Trinajstić information content (AvgIpc) is 2.65. The summed E-state index contributed by atoms with van der Waals surface area (Å²) in [5.41, 5.74) is 0. The zero-order valence-corrected chi connectivity index (χ0v) is 16.6. The van der Waals surface area contributed by atoms with E-state index in [1.165, 1.54) is 0 Å². The van der Waals surface area contributed by atoms with E-state index < -0.39 is 0 Å². The fourth-order valence-corrected chi connectivity index (χ4v) is 3.05. The summed E-state index contributed by atoms with van der Waals surface area (Å²) >= 11 is 5.87. The van der Waals surface area contributed by atoms with E-state index in [1.54, 1.807) is 0 Å². The van der Waals surface area contributed by atoms with E-state index in [0.717, 1.165) is 51.1 Å². The number of hydrogen-bond donors (Lipinski definition) is 1. The van der Waals surface area contributed by atoms with Crippen LogP contribution < -0.4 is 10.1 Å². The number of nitrogens with zero attached hydrogens (tertiary/aromatic N) is 1. The molecular formula is C20H31ClN2O3. The maximum atomic E-state index is 12.2. The van der Waals surface area contributed by atoms with Crippen LogP contribution in [0.5, 0.6) is 5.75 Å². The van der Waals surface area contributed by atoms with Crippen molar-refractivity contribution in [2.75, 3.05) is 32.8 Å². The number of rotatable bonds is 10. The third-order valence-corrected chi connectivity index (χ3v) is 4.91. The molecule has 0 radical (unpaired) electrons. The molecule has 0 saturated carbocycles. The number of hydrogen-bond acceptors (Lipinski definition) is 4. The average molecular weight is 383 g/mol. The molecule has 1 saturated heterocycles. The first kappa shape index (κ1) is 21.0. The van der Waals surface area contributed by atoms with Crippen LogP contribution in [0.1, 0.15) is 39.5 Å². The van der Waals surface area contributed by atoms with Gasteiger partial charge in [0, 0.05) is 37.3 Å². The Labute approximate surface area is 162 Å². The minimum Gasteiger partial charge on any atom is -0.492 e. The number of carbonyl (C=O) groups excluding carboxylic acids is 1. The van der Waals surface area contributed by atoms with Crippen molar-refractivity contribution in [2.45, 2.75) is 51.7 Å². The number of halogens is 1. The summed E-state index contributed by atoms with van der Waals surface area (Å²) < 4.78 is 11.3. The highest BCUT2D eigenvalue weighted by atomic mass is 35.5. The van der Waals surface area contributed by atoms with Crippen molar-refractivity contribution in [3.8, 4) is 5.75 Å². The van der Waals surface area contributed by atoms with Crippen LogP contribution in [0.3, 0.4) is 0 Å². The second-order valence-corrected chi connectivity index (χ2v) is 7.23. The number of nitrogens with one attached hydrogen (secondary N) is 1. The number of amides is 1. The van der Waals surface area contributed by atoms with Crippen LogP contribution in [0, 0.1) is 0 Å². The lowest BCUT2D eigenvalue weighted by molar-refractivity contribution is -0.132. The van der Waals surface area contributed by atoms with Gasteiger partial charge in [-0.25, -0.2) is 0 Å². The Balaban J connectivity index is 1.59. The highest BCUT2D eigenvalue weighted by Crippen LogP contribution is 2.16. The fourth-order valence-electron chi connectivity index (χ4n) is 2.92. The smallest absolute Gasteiger partial charge is 0.249 e. The maximum Gasteiger partial charge on any atom is 0.249 e. The van der Waals surface area contributed by atoms with Gasteiger partial charge in [0.25, 0.3) is 0 Å². The molecule has 1 N–H and O–H groups in total. The molecule has 0 aromatic heterocycles. The first-order valence-electron chi connectivity index (χ1n) is 9.61. The van der Waals surface area contributed by atoms with Crippen LogP contribution in [0.4, 0.5) is 0 Å². The monoisotopic (exact) mass is 382 g/mol. The van der Waals surface area contributed by atoms with Gasteiger partial charge in [0.15, 0.2) is 0 Å². The van der Waals surface area contributed by atoms with Gasteiger partial charge in [-0.1, -0.05) is 24.9 Å². The molecule has 1 aliphatic rings. The van der Waals surface area contributed by atoms with Crippen LogP contribution in [0.2, 0.25) is 5.02 Å². The van der Waals surface area contributed by atoms with Crippen molar-refractivity contribution in [1.29, 1.82) is 0 Å². The largest absolute Gasteiger partial charge is 0.492 e. The van der Waals surface area contributed by atoms with Gasteiger partial charge >= 0.3 is 0 Å². The SMILES string of the molecule is CCCCOC(C)C(=O)NC1CCN(CCOc2ccc(Cl)cc2)CC1. The molecule has 1 amide bonds. The quantitative estimate of drug-likeness (QED) is 0.629. The Morgan fingerprint density at radius 1 is 1.27 bits per heavy atom. The zero-order chi connectivity index (χ0) is 18.8. The van der Waals surface area contributed by atoms with E-state index >= 15 is 0 Å². The highest BCUT2D eigenvalue weighted by molar-refractivity contribution is 6.30. The van der Waals surface area contributed by atoms with E-state index in [-0.39, 0.29) is 18.1 Å². The summed E-state index contributed by atoms with van der Waals surface area (Å²) in [5.74, 6) is 0.847. The van der Waals surface area contributed by atoms with Crippen LogP contribution in [-0.4, -0.2) is 55.8 Å². The molecule has 0 spiro atoms. The molecule has 1 atom stereocenters. The molecule has 26 heavy (non-hydrogen) atoms. The summed E-state index contributed by atoms with van der Waals surface area (Å²) in [7, 11) is 0. The predicted octanol–water partition coefficient (Wildman–Crippen LogP) is 3.50. The summed E-state index contributed by atoms with van der Waals surface area (Å²) in [5, 5.41) is 3.83. The number of benzene rings is 1. The summed E-state index contributed by atoms with van der Waals surface area (Å²) in [4.78, 5) is 14.5. The Kier molecular flexibility index (Phi) is 9.23. The molecule has 1 aliphatic heterocycles. The zero-order valence-electron chi connectivity index (χ0n) is 15.9. The first-order chi connectivity index (χ1) is 12.6. The molecule has 2 rings (SSSR count). The van der Waals surface area contributed by atoms with Crippen LogP contribution in [0.15, 0.2) is 24.3 Å². The lowest BCUT2D eigenvalue weighted by Gasteiger charge is -2.32. The molecule has 1 heterocycles. The van der Waals surface area contributed by atoms with E-state index in [2.05, 4.69) is 17.1 Å². The second-order valence-electron chi connectivity index (χ2n) is 6.79. The van der Waals surface area contributed by atoms with E-state index in [0.29, 0.717) is 18.2 Å². The van der Waals surface area contributed by atoms with Gasteiger partial charge in [0.2, 0.25) is 5.91 Å². The van der Waals surface area contributed by atoms with Gasteiger partial charge in [-0.05, 0) is 50.5 Å². The van der Waals surface area contributed by atoms with Gasteiger partial charge < -0.3 is 14.8 Å². The summed E-state index contributed by atoms with van der Waals surface area (Å²) in [6, 6.07) is 7.67. The van der Waals surface area contributed by atoms with Crippen molar-refractivity contribution < 1.29 is 14.3 Å². The lowest BCUT2D eigenvalue weighted by atomic mass is 10.0. The van der Waals surface area contributed by atoms with Crippen molar-refractivity contribution in [3.63, 3.8) is 0 Å². The van der Waals surface area contributed by atoms with Crippen molar-refractivity contribution in [2.24, 2.45) is 0 Å². The van der Waals surface area contributed by atoms with E-state index in [4.69, 9.17) is 21.1 Å². The summed E-state index contributed by atoms with van der Waals surface area (Å²) in [6.45, 7) is 8.08. The molecule has 1 unspecified atom stereocenters. The Hall–Kier alpha value is -1.30. The molecule has 5 nitrogen and oxygen atoms in total. The topological polar surface area (TPSA) is 50.8 Å². The van der Waals surface area contributed by atoms with Crippen molar-refractivity contribution in [3.05, 3.63) is 29.3 Å². The Morgan fingerprint density at radius 3 is 2.62 bits per heavy atom. The van der Waals surface area contributed by atoms with Gasteiger partial charge in [-0.15, -0.1) is 0 Å². The van der Waals surface area contributed by atoms with Crippen LogP contribution in [-0.2, 0) is 9.53 Å². The van der Waals surface area contributed by atoms with E-state index in [9.17, 15) is 4.79 Å². The number of likely N-dealkylation sites (tertiary alicyclic amines) is 1. The molecule has 1 aromatic rings. The number of piperidine rings is 1. The van der Waals surface area contributed by atoms with Crippen molar-refractivity contribution >= 4 is 17.5 Å². The minimum atomic E-state index is -0.368. The first-order valence-corrected chi connectivity index (χ1v) is 9.99. The number of ether oxygens (including phenoxy) is 2. The molecule has 0 bridgehead atoms. The standard InChI is InChI=1S/C20H31ClN2O3/c1-3-4-14-25-16(2)20(24)22-18-9-11-23(12-10-18)13-15-26-19-7-5-17(21)6-8-19/h5-8,16,18H,3-4,9-15H2,1-2H3,(H,22,24). The Bertz CT molecular complexity index is 530. The van der Waals surface area contributed by atoms with Gasteiger partial charge in [-0.3, -0.25) is 9.69 Å². The molecule has 6 heteroatoms. The molecular weight excluding hydrogens is 352 g/mol. The van der Waals surface area contributed by atoms with Gasteiger partial charge in [-0.2, -0.15) is 0 Å². The molecule has 1 aromatic carbocycles. The van der Waals surface area contributed by atoms with E-state index in [1.807, 2.05) is 31.2 Å². The molecule has 146 valence electrons. The van der Waals surface area contributed by atoms with Crippen LogP contribution >= 0.6 is 11.6 Å². The fraction of sp³-hybridized carbons (Fsp3) is 0.650. The number of unbranched alkanes of at least 4 members (excludes halogenated alkanes) is 1. The third-order valence-electron chi connectivity index (χ3n) is 4.66. The lowest BCUT2D eigenvalue weighted by Crippen LogP contribution is -2.48. The summed E-state index contributed by atoms with van der Waals surface area (Å²) in [6.07, 6.45) is 3.64. The number of carbonyl (C=O) groups is 1. The molecule has 0 aliphatic carbocycles. The predicted molar refractivity (Wildman–Crippen MR) is 105 cm³/mol. The minimum absolute atomic E-state index is 0.00521. The van der Waals surface area contributed by atoms with Gasteiger partial charge in [0.05, 0.1) is 0 Å². The van der Waals surface area contributed by atoms with Crippen molar-refractivity contribution in [1.82, 2.24) is 10.2 Å².